The van der Waals surface area contributed by atoms with E-state index in [4.69, 9.17) is 24.3 Å². The molecule has 0 saturated heterocycles. The molecule has 0 radical (unpaired) electrons. The molecule has 0 rings (SSSR count). The van der Waals surface area contributed by atoms with Crippen molar-refractivity contribution in [3.63, 3.8) is 0 Å². The first-order chi connectivity index (χ1) is 24.8. The molecule has 0 aromatic rings. The number of esters is 2. The second-order valence-corrected chi connectivity index (χ2v) is 15.3. The molecule has 0 spiro atoms. The van der Waals surface area contributed by atoms with Gasteiger partial charge in [-0.1, -0.05) is 167 Å². The first-order valence-corrected chi connectivity index (χ1v) is 22.3. The van der Waals surface area contributed by atoms with Crippen LogP contribution in [0.5, 0.6) is 0 Å². The van der Waals surface area contributed by atoms with Crippen LogP contribution < -0.4 is 5.73 Å². The molecule has 0 aliphatic rings. The van der Waals surface area contributed by atoms with E-state index in [9.17, 15) is 19.0 Å². The summed E-state index contributed by atoms with van der Waals surface area (Å²) in [6, 6.07) is 0. The number of phosphoric acid groups is 1. The van der Waals surface area contributed by atoms with Crippen molar-refractivity contribution in [2.45, 2.75) is 200 Å². The quantitative estimate of drug-likeness (QED) is 0.0273. The number of hydrogen-bond donors (Lipinski definition) is 2. The number of rotatable bonds is 39. The van der Waals surface area contributed by atoms with E-state index in [0.717, 1.165) is 64.2 Å². The lowest BCUT2D eigenvalue weighted by Gasteiger charge is -2.19. The molecule has 9 nitrogen and oxygen atoms in total. The predicted molar refractivity (Wildman–Crippen MR) is 211 cm³/mol. The molecule has 1 unspecified atom stereocenters. The maximum Gasteiger partial charge on any atom is 0.472 e. The van der Waals surface area contributed by atoms with Crippen LogP contribution >= 0.6 is 7.82 Å². The number of carbonyl (C=O) groups is 2. The minimum atomic E-state index is -4.37. The number of phosphoric ester groups is 1. The van der Waals surface area contributed by atoms with Gasteiger partial charge in [-0.3, -0.25) is 18.6 Å². The Labute approximate surface area is 312 Å². The Morgan fingerprint density at radius 2 is 1.04 bits per heavy atom. The summed E-state index contributed by atoms with van der Waals surface area (Å²) in [5.41, 5.74) is 5.34. The van der Waals surface area contributed by atoms with Gasteiger partial charge in [0, 0.05) is 19.4 Å². The highest BCUT2D eigenvalue weighted by molar-refractivity contribution is 7.47. The summed E-state index contributed by atoms with van der Waals surface area (Å²) in [4.78, 5) is 34.8. The molecule has 0 saturated carbocycles. The van der Waals surface area contributed by atoms with Gasteiger partial charge in [0.2, 0.25) is 0 Å². The van der Waals surface area contributed by atoms with Crippen LogP contribution in [0.25, 0.3) is 0 Å². The Balaban J connectivity index is 4.17. The zero-order valence-corrected chi connectivity index (χ0v) is 33.7. The predicted octanol–water partition coefficient (Wildman–Crippen LogP) is 11.6. The molecule has 0 aromatic carbocycles. The standard InChI is InChI=1S/C41H78NO8P/c1-3-5-7-9-11-13-15-17-19-20-22-23-25-27-29-31-33-40(43)47-37-39(38-49-51(45,46)48-36-35-42)50-41(44)34-32-30-28-26-24-21-18-16-14-12-10-8-6-4-2/h10,12,16,18,39H,3-9,11,13-15,17,19-38,42H2,1-2H3,(H,45,46)/b12-10-,18-16-/t39-/m1/s1. The van der Waals surface area contributed by atoms with Crippen LogP contribution in [0, 0.1) is 0 Å². The van der Waals surface area contributed by atoms with Crippen LogP contribution in [0.15, 0.2) is 24.3 Å². The molecule has 0 aliphatic carbocycles. The van der Waals surface area contributed by atoms with E-state index < -0.39 is 26.5 Å². The normalized spacial score (nSPS) is 13.6. The van der Waals surface area contributed by atoms with Gasteiger partial charge in [-0.2, -0.15) is 0 Å². The summed E-state index contributed by atoms with van der Waals surface area (Å²) in [7, 11) is -4.37. The van der Waals surface area contributed by atoms with Crippen LogP contribution in [0.1, 0.15) is 194 Å². The van der Waals surface area contributed by atoms with Gasteiger partial charge >= 0.3 is 19.8 Å². The highest BCUT2D eigenvalue weighted by atomic mass is 31.2. The lowest BCUT2D eigenvalue weighted by molar-refractivity contribution is -0.161. The van der Waals surface area contributed by atoms with Crippen molar-refractivity contribution in [2.24, 2.45) is 5.73 Å². The summed E-state index contributed by atoms with van der Waals surface area (Å²) in [5.74, 6) is -0.839. The van der Waals surface area contributed by atoms with Gasteiger partial charge in [0.25, 0.3) is 0 Å². The molecule has 0 heterocycles. The Kier molecular flexibility index (Phi) is 37.1. The Morgan fingerprint density at radius 1 is 0.588 bits per heavy atom. The first-order valence-electron chi connectivity index (χ1n) is 20.8. The molecule has 0 aliphatic heterocycles. The molecule has 2 atom stereocenters. The number of hydrogen-bond acceptors (Lipinski definition) is 8. The van der Waals surface area contributed by atoms with E-state index >= 15 is 0 Å². The first kappa shape index (κ1) is 49.5. The summed E-state index contributed by atoms with van der Waals surface area (Å²) in [5, 5.41) is 0. The molecule has 0 amide bonds. The maximum absolute atomic E-state index is 12.5. The smallest absolute Gasteiger partial charge is 0.462 e. The maximum atomic E-state index is 12.5. The molecule has 0 aromatic heterocycles. The van der Waals surface area contributed by atoms with Gasteiger partial charge in [-0.25, -0.2) is 4.57 Å². The van der Waals surface area contributed by atoms with E-state index in [1.165, 1.54) is 96.3 Å². The largest absolute Gasteiger partial charge is 0.472 e. The zero-order chi connectivity index (χ0) is 37.5. The second-order valence-electron chi connectivity index (χ2n) is 13.9. The second kappa shape index (κ2) is 38.2. The fraction of sp³-hybridized carbons (Fsp3) is 0.854. The summed E-state index contributed by atoms with van der Waals surface area (Å²) >= 11 is 0. The van der Waals surface area contributed by atoms with Gasteiger partial charge in [-0.15, -0.1) is 0 Å². The number of ether oxygens (including phenoxy) is 2. The van der Waals surface area contributed by atoms with E-state index in [1.54, 1.807) is 0 Å². The van der Waals surface area contributed by atoms with Gasteiger partial charge < -0.3 is 20.1 Å². The Morgan fingerprint density at radius 3 is 1.55 bits per heavy atom. The highest BCUT2D eigenvalue weighted by Crippen LogP contribution is 2.43. The SMILES string of the molecule is CCCC/C=C\C/C=C\CCCCCCCC(=O)O[C@H](COC(=O)CCCCCCCCCCCCCCCCCC)COP(=O)(O)OCCN. The van der Waals surface area contributed by atoms with Crippen molar-refractivity contribution >= 4 is 19.8 Å². The van der Waals surface area contributed by atoms with Crippen LogP contribution in [0.4, 0.5) is 0 Å². The van der Waals surface area contributed by atoms with Crippen molar-refractivity contribution in [2.75, 3.05) is 26.4 Å². The lowest BCUT2D eigenvalue weighted by Crippen LogP contribution is -2.29. The third-order valence-electron chi connectivity index (χ3n) is 8.84. The molecule has 300 valence electrons. The van der Waals surface area contributed by atoms with Crippen molar-refractivity contribution in [1.29, 1.82) is 0 Å². The highest BCUT2D eigenvalue weighted by Gasteiger charge is 2.26. The minimum Gasteiger partial charge on any atom is -0.462 e. The van der Waals surface area contributed by atoms with Crippen LogP contribution in [-0.2, 0) is 32.7 Å². The molecule has 51 heavy (non-hydrogen) atoms. The van der Waals surface area contributed by atoms with Crippen molar-refractivity contribution < 1.29 is 37.6 Å². The van der Waals surface area contributed by atoms with Crippen LogP contribution in [0.2, 0.25) is 0 Å². The van der Waals surface area contributed by atoms with Gasteiger partial charge in [0.1, 0.15) is 6.61 Å². The van der Waals surface area contributed by atoms with Crippen LogP contribution in [0.3, 0.4) is 0 Å². The minimum absolute atomic E-state index is 0.0524. The van der Waals surface area contributed by atoms with Gasteiger partial charge in [0.05, 0.1) is 13.2 Å². The average Bonchev–Trinajstić information content (AvgIpc) is 3.11. The lowest BCUT2D eigenvalue weighted by atomic mass is 10.0. The molecule has 3 N–H and O–H groups in total. The van der Waals surface area contributed by atoms with E-state index in [-0.39, 0.29) is 38.6 Å². The van der Waals surface area contributed by atoms with Crippen molar-refractivity contribution in [3.8, 4) is 0 Å². The topological polar surface area (TPSA) is 134 Å². The number of nitrogens with two attached hydrogens (primary N) is 1. The summed E-state index contributed by atoms with van der Waals surface area (Å²) in [6.45, 7) is 3.69. The van der Waals surface area contributed by atoms with E-state index in [0.29, 0.717) is 6.42 Å². The summed E-state index contributed by atoms with van der Waals surface area (Å²) < 4.78 is 32.7. The Hall–Kier alpha value is -1.51. The summed E-state index contributed by atoms with van der Waals surface area (Å²) in [6.07, 6.45) is 39.2. The average molecular weight is 744 g/mol. The van der Waals surface area contributed by atoms with Gasteiger partial charge in [0.15, 0.2) is 6.10 Å². The third kappa shape index (κ3) is 38.0. The Bertz CT molecular complexity index is 897. The molecule has 0 fully saturated rings. The van der Waals surface area contributed by atoms with Crippen LogP contribution in [-0.4, -0.2) is 49.3 Å². The van der Waals surface area contributed by atoms with Crippen molar-refractivity contribution in [3.05, 3.63) is 24.3 Å². The molecule has 10 heteroatoms. The van der Waals surface area contributed by atoms with Crippen molar-refractivity contribution in [1.82, 2.24) is 0 Å². The number of carbonyl (C=O) groups excluding carboxylic acids is 2. The van der Waals surface area contributed by atoms with E-state index in [2.05, 4.69) is 38.2 Å². The molecular formula is C41H78NO8P. The van der Waals surface area contributed by atoms with E-state index in [1.807, 2.05) is 0 Å². The monoisotopic (exact) mass is 744 g/mol. The fourth-order valence-corrected chi connectivity index (χ4v) is 6.47. The molecule has 0 bridgehead atoms. The number of unbranched alkanes of at least 4 members (excludes halogenated alkanes) is 22. The molecular weight excluding hydrogens is 665 g/mol. The fourth-order valence-electron chi connectivity index (χ4n) is 5.71. The third-order valence-corrected chi connectivity index (χ3v) is 9.82. The van der Waals surface area contributed by atoms with Gasteiger partial charge in [-0.05, 0) is 38.5 Å². The number of allylic oxidation sites excluding steroid dienone is 4. The zero-order valence-electron chi connectivity index (χ0n) is 32.8.